The monoisotopic (exact) mass is 192 g/mol. The van der Waals surface area contributed by atoms with Crippen molar-refractivity contribution >= 4 is 0 Å². The van der Waals surface area contributed by atoms with E-state index in [1.54, 1.807) is 0 Å². The van der Waals surface area contributed by atoms with Gasteiger partial charge in [0.05, 0.1) is 0 Å². The fourth-order valence-electron chi connectivity index (χ4n) is 1.59. The van der Waals surface area contributed by atoms with Gasteiger partial charge in [-0.1, -0.05) is 0 Å². The molecule has 80 valence electrons. The second kappa shape index (κ2) is 8.44. The Hall–Kier alpha value is -0.160. The Kier molecular flexibility index (Phi) is 8.33. The minimum atomic E-state index is -0.00991. The van der Waals surface area contributed by atoms with Crippen LogP contribution in [0.1, 0.15) is 19.3 Å². The Morgan fingerprint density at radius 2 is 1.00 bits per heavy atom. The van der Waals surface area contributed by atoms with Crippen molar-refractivity contribution in [3.05, 3.63) is 0 Å². The van der Waals surface area contributed by atoms with Crippen LogP contribution in [0.25, 0.3) is 0 Å². The van der Waals surface area contributed by atoms with Crippen molar-refractivity contribution in [2.45, 2.75) is 19.3 Å². The van der Waals surface area contributed by atoms with Crippen LogP contribution >= 0.6 is 0 Å². The van der Waals surface area contributed by atoms with Gasteiger partial charge in [-0.15, -0.1) is 0 Å². The molecule has 0 bridgehead atoms. The molecule has 0 fully saturated rings. The number of aliphatic hydroxyl groups is 4. The average molecular weight is 192 g/mol. The summed E-state index contributed by atoms with van der Waals surface area (Å²) in [7, 11) is 0. The van der Waals surface area contributed by atoms with Crippen LogP contribution in [0, 0.1) is 11.8 Å². The highest BCUT2D eigenvalue weighted by Crippen LogP contribution is 2.21. The first-order valence-electron chi connectivity index (χ1n) is 4.73. The third-order valence-electron chi connectivity index (χ3n) is 2.40. The van der Waals surface area contributed by atoms with Crippen LogP contribution in [0.2, 0.25) is 0 Å². The highest BCUT2D eigenvalue weighted by Gasteiger charge is 2.19. The van der Waals surface area contributed by atoms with Crippen LogP contribution in [0.3, 0.4) is 0 Å². The molecule has 13 heavy (non-hydrogen) atoms. The molecule has 4 N–H and O–H groups in total. The van der Waals surface area contributed by atoms with Gasteiger partial charge in [0.2, 0.25) is 0 Å². The highest BCUT2D eigenvalue weighted by atomic mass is 16.3. The molecule has 0 aromatic rings. The molecule has 1 atom stereocenters. The lowest BCUT2D eigenvalue weighted by Gasteiger charge is -2.23. The molecular formula is C9H20O4. The second-order valence-corrected chi connectivity index (χ2v) is 3.24. The summed E-state index contributed by atoms with van der Waals surface area (Å²) in [4.78, 5) is 0. The molecule has 0 aliphatic rings. The maximum atomic E-state index is 9.01. The number of hydrogen-bond donors (Lipinski definition) is 4. The third-order valence-corrected chi connectivity index (χ3v) is 2.40. The zero-order chi connectivity index (χ0) is 10.1. The van der Waals surface area contributed by atoms with E-state index in [-0.39, 0.29) is 38.3 Å². The molecule has 0 aromatic carbocycles. The molecule has 0 heterocycles. The molecule has 0 saturated heterocycles. The number of hydrogen-bond acceptors (Lipinski definition) is 4. The number of aliphatic hydroxyl groups excluding tert-OH is 4. The van der Waals surface area contributed by atoms with Gasteiger partial charge in [-0.25, -0.2) is 0 Å². The average Bonchev–Trinajstić information content (AvgIpc) is 2.14. The van der Waals surface area contributed by atoms with Crippen molar-refractivity contribution in [2.75, 3.05) is 26.4 Å². The molecule has 0 rings (SSSR count). The molecule has 0 spiro atoms. The first kappa shape index (κ1) is 12.8. The first-order valence-corrected chi connectivity index (χ1v) is 4.73. The SMILES string of the molecule is OCCC(CO)C(CCO)CCO. The largest absolute Gasteiger partial charge is 0.396 e. The topological polar surface area (TPSA) is 80.9 Å². The molecule has 4 heteroatoms. The van der Waals surface area contributed by atoms with E-state index in [9.17, 15) is 0 Å². The molecule has 0 aromatic heterocycles. The van der Waals surface area contributed by atoms with E-state index in [1.165, 1.54) is 0 Å². The Bertz CT molecular complexity index is 102. The summed E-state index contributed by atoms with van der Waals surface area (Å²) in [6.45, 7) is 0.170. The highest BCUT2D eigenvalue weighted by molar-refractivity contribution is 4.69. The Balaban J connectivity index is 3.94. The molecule has 0 saturated carbocycles. The van der Waals surface area contributed by atoms with Gasteiger partial charge in [-0.3, -0.25) is 0 Å². The van der Waals surface area contributed by atoms with Crippen molar-refractivity contribution in [1.29, 1.82) is 0 Å². The summed E-state index contributed by atoms with van der Waals surface area (Å²) in [5.41, 5.74) is 0. The smallest absolute Gasteiger partial charge is 0.0462 e. The van der Waals surface area contributed by atoms with Gasteiger partial charge >= 0.3 is 0 Å². The van der Waals surface area contributed by atoms with Gasteiger partial charge in [0, 0.05) is 26.4 Å². The molecule has 4 nitrogen and oxygen atoms in total. The standard InChI is InChI=1S/C9H20O4/c10-4-1-8(2-5-11)9(7-13)3-6-12/h8-13H,1-7H2. The summed E-state index contributed by atoms with van der Waals surface area (Å²) in [6.07, 6.45) is 1.68. The summed E-state index contributed by atoms with van der Waals surface area (Å²) in [5, 5.41) is 35.2. The summed E-state index contributed by atoms with van der Waals surface area (Å²) >= 11 is 0. The Morgan fingerprint density at radius 1 is 0.615 bits per heavy atom. The van der Waals surface area contributed by atoms with Crippen molar-refractivity contribution < 1.29 is 20.4 Å². The molecule has 1 unspecified atom stereocenters. The summed E-state index contributed by atoms with van der Waals surface area (Å²) in [6, 6.07) is 0. The second-order valence-electron chi connectivity index (χ2n) is 3.24. The van der Waals surface area contributed by atoms with Crippen LogP contribution in [0.5, 0.6) is 0 Å². The van der Waals surface area contributed by atoms with Crippen LogP contribution in [0.15, 0.2) is 0 Å². The van der Waals surface area contributed by atoms with Gasteiger partial charge in [0.15, 0.2) is 0 Å². The van der Waals surface area contributed by atoms with E-state index in [0.29, 0.717) is 19.3 Å². The lowest BCUT2D eigenvalue weighted by atomic mass is 9.85. The van der Waals surface area contributed by atoms with Crippen LogP contribution < -0.4 is 0 Å². The van der Waals surface area contributed by atoms with E-state index < -0.39 is 0 Å². The lowest BCUT2D eigenvalue weighted by Crippen LogP contribution is -2.22. The quantitative estimate of drug-likeness (QED) is 0.412. The van der Waals surface area contributed by atoms with E-state index in [1.807, 2.05) is 0 Å². The van der Waals surface area contributed by atoms with Crippen molar-refractivity contribution in [1.82, 2.24) is 0 Å². The minimum Gasteiger partial charge on any atom is -0.396 e. The zero-order valence-electron chi connectivity index (χ0n) is 7.89. The van der Waals surface area contributed by atoms with Crippen molar-refractivity contribution in [3.63, 3.8) is 0 Å². The van der Waals surface area contributed by atoms with Gasteiger partial charge in [-0.05, 0) is 31.1 Å². The number of rotatable bonds is 8. The van der Waals surface area contributed by atoms with Crippen LogP contribution in [-0.4, -0.2) is 46.9 Å². The normalized spacial score (nSPS) is 13.6. The predicted molar refractivity (Wildman–Crippen MR) is 49.2 cm³/mol. The first-order chi connectivity index (χ1) is 6.29. The maximum absolute atomic E-state index is 9.01. The molecule has 0 aliphatic heterocycles. The molecule has 0 aliphatic carbocycles. The molecule has 0 radical (unpaired) electrons. The Morgan fingerprint density at radius 3 is 1.31 bits per heavy atom. The van der Waals surface area contributed by atoms with Gasteiger partial charge in [0.1, 0.15) is 0 Å². The van der Waals surface area contributed by atoms with E-state index in [0.717, 1.165) is 0 Å². The fraction of sp³-hybridized carbons (Fsp3) is 1.00. The summed E-state index contributed by atoms with van der Waals surface area (Å²) < 4.78 is 0. The summed E-state index contributed by atoms with van der Waals surface area (Å²) in [5.74, 6) is 0.0939. The van der Waals surface area contributed by atoms with Crippen molar-refractivity contribution in [2.24, 2.45) is 11.8 Å². The minimum absolute atomic E-state index is 0.00519. The van der Waals surface area contributed by atoms with Gasteiger partial charge < -0.3 is 20.4 Å². The van der Waals surface area contributed by atoms with E-state index in [4.69, 9.17) is 20.4 Å². The lowest BCUT2D eigenvalue weighted by molar-refractivity contribution is 0.103. The van der Waals surface area contributed by atoms with E-state index >= 15 is 0 Å². The fourth-order valence-corrected chi connectivity index (χ4v) is 1.59. The van der Waals surface area contributed by atoms with E-state index in [2.05, 4.69) is 0 Å². The van der Waals surface area contributed by atoms with Crippen LogP contribution in [0.4, 0.5) is 0 Å². The Labute approximate surface area is 78.8 Å². The maximum Gasteiger partial charge on any atom is 0.0462 e. The third kappa shape index (κ3) is 5.21. The molecular weight excluding hydrogens is 172 g/mol. The van der Waals surface area contributed by atoms with Crippen molar-refractivity contribution in [3.8, 4) is 0 Å². The van der Waals surface area contributed by atoms with Crippen LogP contribution in [-0.2, 0) is 0 Å². The van der Waals surface area contributed by atoms with Gasteiger partial charge in [0.25, 0.3) is 0 Å². The van der Waals surface area contributed by atoms with Gasteiger partial charge in [-0.2, -0.15) is 0 Å². The molecule has 0 amide bonds. The predicted octanol–water partition coefficient (Wildman–Crippen LogP) is -0.642. The zero-order valence-corrected chi connectivity index (χ0v) is 7.89.